The molecule has 1 aliphatic heterocycles. The molecule has 6 heteroatoms. The highest BCUT2D eigenvalue weighted by Crippen LogP contribution is 2.29. The van der Waals surface area contributed by atoms with Gasteiger partial charge in [0.25, 0.3) is 5.91 Å². The zero-order chi connectivity index (χ0) is 18.7. The molecule has 0 spiro atoms. The molecule has 0 saturated heterocycles. The van der Waals surface area contributed by atoms with Gasteiger partial charge in [-0.2, -0.15) is 0 Å². The van der Waals surface area contributed by atoms with Crippen molar-refractivity contribution in [2.75, 3.05) is 6.54 Å². The van der Waals surface area contributed by atoms with Gasteiger partial charge in [-0.05, 0) is 41.5 Å². The Morgan fingerprint density at radius 3 is 2.85 bits per heavy atom. The molecule has 0 atom stereocenters. The lowest BCUT2D eigenvalue weighted by molar-refractivity contribution is 0.0700. The lowest BCUT2D eigenvalue weighted by Gasteiger charge is -2.10. The van der Waals surface area contributed by atoms with Gasteiger partial charge in [0.15, 0.2) is 0 Å². The Bertz CT molecular complexity index is 868. The second kappa shape index (κ2) is 7.83. The molecule has 0 unspecified atom stereocenters. The van der Waals surface area contributed by atoms with E-state index in [0.29, 0.717) is 17.0 Å². The van der Waals surface area contributed by atoms with Gasteiger partial charge < -0.3 is 10.4 Å². The monoisotopic (exact) mass is 370 g/mol. The van der Waals surface area contributed by atoms with Crippen LogP contribution < -0.4 is 5.32 Å². The summed E-state index contributed by atoms with van der Waals surface area (Å²) >= 11 is 1.03. The Morgan fingerprint density at radius 1 is 1.35 bits per heavy atom. The number of carboxylic acid groups (broad SMARTS) is 1. The van der Waals surface area contributed by atoms with Gasteiger partial charge in [-0.1, -0.05) is 32.0 Å². The first kappa shape index (κ1) is 18.3. The van der Waals surface area contributed by atoms with Crippen molar-refractivity contribution in [2.24, 2.45) is 4.99 Å². The highest BCUT2D eigenvalue weighted by molar-refractivity contribution is 7.16. The maximum Gasteiger partial charge on any atom is 0.346 e. The van der Waals surface area contributed by atoms with Gasteiger partial charge in [0.1, 0.15) is 4.88 Å². The average molecular weight is 370 g/mol. The van der Waals surface area contributed by atoms with Crippen LogP contribution in [0.25, 0.3) is 0 Å². The molecule has 2 aromatic rings. The van der Waals surface area contributed by atoms with Gasteiger partial charge in [-0.15, -0.1) is 11.3 Å². The van der Waals surface area contributed by atoms with E-state index in [1.165, 1.54) is 5.56 Å². The van der Waals surface area contributed by atoms with E-state index in [0.717, 1.165) is 41.9 Å². The summed E-state index contributed by atoms with van der Waals surface area (Å²) in [4.78, 5) is 29.0. The fourth-order valence-corrected chi connectivity index (χ4v) is 4.17. The predicted molar refractivity (Wildman–Crippen MR) is 104 cm³/mol. The van der Waals surface area contributed by atoms with Gasteiger partial charge in [-0.3, -0.25) is 9.79 Å². The van der Waals surface area contributed by atoms with Crippen LogP contribution in [0.4, 0.5) is 0 Å². The lowest BCUT2D eigenvalue weighted by atomic mass is 9.99. The summed E-state index contributed by atoms with van der Waals surface area (Å²) in [5, 5.41) is 12.3. The van der Waals surface area contributed by atoms with Crippen molar-refractivity contribution in [3.8, 4) is 0 Å². The second-order valence-electron chi connectivity index (χ2n) is 6.67. The van der Waals surface area contributed by atoms with Gasteiger partial charge in [0.2, 0.25) is 0 Å². The first-order valence-electron chi connectivity index (χ1n) is 8.73. The highest BCUT2D eigenvalue weighted by Gasteiger charge is 2.21. The fraction of sp³-hybridized carbons (Fsp3) is 0.350. The maximum atomic E-state index is 12.5. The predicted octanol–water partition coefficient (Wildman–Crippen LogP) is 3.86. The number of nitrogens with zero attached hydrogens (tertiary/aromatic N) is 1. The summed E-state index contributed by atoms with van der Waals surface area (Å²) in [5.41, 5.74) is 4.07. The van der Waals surface area contributed by atoms with E-state index in [2.05, 4.69) is 16.4 Å². The van der Waals surface area contributed by atoms with Crippen LogP contribution in [-0.4, -0.2) is 29.7 Å². The van der Waals surface area contributed by atoms with E-state index in [1.807, 2.05) is 32.2 Å². The summed E-state index contributed by atoms with van der Waals surface area (Å²) in [5.74, 6) is -1.17. The van der Waals surface area contributed by atoms with Crippen LogP contribution in [0, 0.1) is 0 Å². The van der Waals surface area contributed by atoms with E-state index < -0.39 is 5.97 Å². The molecule has 26 heavy (non-hydrogen) atoms. The van der Waals surface area contributed by atoms with Crippen molar-refractivity contribution >= 4 is 29.4 Å². The van der Waals surface area contributed by atoms with Crippen LogP contribution in [0.3, 0.4) is 0 Å². The smallest absolute Gasteiger partial charge is 0.346 e. The minimum atomic E-state index is -0.984. The number of hydrogen-bond donors (Lipinski definition) is 2. The minimum Gasteiger partial charge on any atom is -0.477 e. The van der Waals surface area contributed by atoms with Gasteiger partial charge >= 0.3 is 5.97 Å². The van der Waals surface area contributed by atoms with Crippen LogP contribution >= 0.6 is 11.3 Å². The number of amides is 1. The van der Waals surface area contributed by atoms with E-state index in [4.69, 9.17) is 0 Å². The number of aliphatic imine (C=N–C) groups is 1. The minimum absolute atomic E-state index is 0.0556. The summed E-state index contributed by atoms with van der Waals surface area (Å²) in [6, 6.07) is 7.80. The molecule has 2 heterocycles. The Hall–Kier alpha value is -2.47. The first-order chi connectivity index (χ1) is 12.5. The van der Waals surface area contributed by atoms with Crippen LogP contribution in [0.5, 0.6) is 0 Å². The zero-order valence-corrected chi connectivity index (χ0v) is 15.7. The van der Waals surface area contributed by atoms with Gasteiger partial charge in [-0.25, -0.2) is 4.79 Å². The number of carbonyl (C=O) groups is 2. The Kier molecular flexibility index (Phi) is 5.52. The van der Waals surface area contributed by atoms with Crippen LogP contribution in [-0.2, 0) is 13.0 Å². The molecule has 0 aliphatic carbocycles. The number of carbonyl (C=O) groups excluding carboxylic acids is 1. The van der Waals surface area contributed by atoms with Crippen LogP contribution in [0.2, 0.25) is 0 Å². The molecule has 136 valence electrons. The molecule has 1 amide bonds. The fourth-order valence-electron chi connectivity index (χ4n) is 3.10. The normalized spacial score (nSPS) is 13.3. The number of aromatic carboxylic acids is 1. The lowest BCUT2D eigenvalue weighted by Crippen LogP contribution is -2.22. The largest absolute Gasteiger partial charge is 0.477 e. The number of benzene rings is 1. The van der Waals surface area contributed by atoms with Crippen molar-refractivity contribution in [3.63, 3.8) is 0 Å². The quantitative estimate of drug-likeness (QED) is 0.839. The number of aryl methyl sites for hydroxylation is 1. The molecule has 0 saturated carbocycles. The Labute approximate surface area is 156 Å². The van der Waals surface area contributed by atoms with Gasteiger partial charge in [0.05, 0.1) is 4.88 Å². The molecule has 0 bridgehead atoms. The van der Waals surface area contributed by atoms with Crippen LogP contribution in [0.15, 0.2) is 29.3 Å². The number of thiophene rings is 1. The second-order valence-corrected chi connectivity index (χ2v) is 7.72. The van der Waals surface area contributed by atoms with Crippen molar-refractivity contribution in [2.45, 2.75) is 39.2 Å². The summed E-state index contributed by atoms with van der Waals surface area (Å²) in [7, 11) is 0. The standard InChI is InChI=1S/C20H22N2O3S/c1-12(2)15-9-17(26-18(15)20(24)25)19(23)22-10-14-6-3-5-13-7-4-8-21-11-16(13)14/h3,5-6,9,11-12H,4,7-8,10H2,1-2H3,(H,22,23)(H,24,25). The van der Waals surface area contributed by atoms with Crippen molar-refractivity contribution in [3.05, 3.63) is 56.3 Å². The molecule has 0 fully saturated rings. The topological polar surface area (TPSA) is 78.8 Å². The third kappa shape index (κ3) is 3.85. The molecule has 1 aromatic heterocycles. The highest BCUT2D eigenvalue weighted by atomic mass is 32.1. The molecule has 1 aliphatic rings. The van der Waals surface area contributed by atoms with Crippen LogP contribution in [0.1, 0.15) is 67.8 Å². The SMILES string of the molecule is CC(C)c1cc(C(=O)NCc2cccc3c2C=NCCC3)sc1C(=O)O. The summed E-state index contributed by atoms with van der Waals surface area (Å²) < 4.78 is 0. The molecular weight excluding hydrogens is 348 g/mol. The van der Waals surface area contributed by atoms with Gasteiger partial charge in [0, 0.05) is 24.9 Å². The summed E-state index contributed by atoms with van der Waals surface area (Å²) in [6.45, 7) is 5.07. The summed E-state index contributed by atoms with van der Waals surface area (Å²) in [6.07, 6.45) is 3.92. The van der Waals surface area contributed by atoms with E-state index in [-0.39, 0.29) is 16.7 Å². The number of rotatable bonds is 5. The third-order valence-electron chi connectivity index (χ3n) is 4.48. The number of nitrogens with one attached hydrogen (secondary N) is 1. The Morgan fingerprint density at radius 2 is 2.15 bits per heavy atom. The molecule has 5 nitrogen and oxygen atoms in total. The molecule has 0 radical (unpaired) electrons. The first-order valence-corrected chi connectivity index (χ1v) is 9.55. The van der Waals surface area contributed by atoms with E-state index in [1.54, 1.807) is 6.07 Å². The number of hydrogen-bond acceptors (Lipinski definition) is 4. The molecule has 2 N–H and O–H groups in total. The molecule has 3 rings (SSSR count). The van der Waals surface area contributed by atoms with Crippen molar-refractivity contribution in [1.29, 1.82) is 0 Å². The van der Waals surface area contributed by atoms with E-state index in [9.17, 15) is 14.7 Å². The Balaban J connectivity index is 1.78. The third-order valence-corrected chi connectivity index (χ3v) is 5.62. The zero-order valence-electron chi connectivity index (χ0n) is 14.9. The van der Waals surface area contributed by atoms with E-state index >= 15 is 0 Å². The average Bonchev–Trinajstić information content (AvgIpc) is 2.93. The molecule has 1 aromatic carbocycles. The van der Waals surface area contributed by atoms with Crippen molar-refractivity contribution < 1.29 is 14.7 Å². The van der Waals surface area contributed by atoms with Crippen molar-refractivity contribution in [1.82, 2.24) is 5.32 Å². The number of carboxylic acids is 1. The molecular formula is C20H22N2O3S. The maximum absolute atomic E-state index is 12.5. The number of fused-ring (bicyclic) bond motifs is 1.